The van der Waals surface area contributed by atoms with E-state index in [1.807, 2.05) is 60.3 Å². The molecule has 2 heterocycles. The lowest BCUT2D eigenvalue weighted by molar-refractivity contribution is 0.0583. The largest absolute Gasteiger partial charge is 0.485 e. The van der Waals surface area contributed by atoms with Crippen molar-refractivity contribution in [3.05, 3.63) is 69.9 Å². The van der Waals surface area contributed by atoms with Gasteiger partial charge in [0.05, 0.1) is 12.8 Å². The van der Waals surface area contributed by atoms with Crippen LogP contribution in [0, 0.1) is 0 Å². The standard InChI is InChI=1S/C21H24N2O4S/c1-4-26-15(2)20-22-17(14-28-20)13-27-18-10-11-23(19(18)21(24)25-3)12-16-8-6-5-7-9-16/h5-11,14-15H,4,12-13H2,1-3H3/t15-/m0/s1. The van der Waals surface area contributed by atoms with Crippen molar-refractivity contribution in [1.82, 2.24) is 9.55 Å². The molecule has 0 amide bonds. The highest BCUT2D eigenvalue weighted by atomic mass is 32.1. The van der Waals surface area contributed by atoms with Gasteiger partial charge < -0.3 is 18.8 Å². The lowest BCUT2D eigenvalue weighted by Gasteiger charge is -2.10. The number of rotatable bonds is 9. The number of aromatic nitrogens is 2. The van der Waals surface area contributed by atoms with Crippen LogP contribution in [0.3, 0.4) is 0 Å². The van der Waals surface area contributed by atoms with Gasteiger partial charge in [0.1, 0.15) is 17.7 Å². The van der Waals surface area contributed by atoms with Crippen molar-refractivity contribution in [1.29, 1.82) is 0 Å². The van der Waals surface area contributed by atoms with Crippen molar-refractivity contribution in [2.45, 2.75) is 33.1 Å². The number of benzene rings is 1. The topological polar surface area (TPSA) is 62.6 Å². The molecular formula is C21H24N2O4S. The molecule has 0 fully saturated rings. The molecule has 0 saturated carbocycles. The molecule has 0 aliphatic heterocycles. The highest BCUT2D eigenvalue weighted by molar-refractivity contribution is 7.09. The molecule has 0 saturated heterocycles. The van der Waals surface area contributed by atoms with Crippen LogP contribution in [0.4, 0.5) is 0 Å². The Morgan fingerprint density at radius 3 is 2.75 bits per heavy atom. The summed E-state index contributed by atoms with van der Waals surface area (Å²) >= 11 is 1.54. The first-order chi connectivity index (χ1) is 13.6. The molecular weight excluding hydrogens is 376 g/mol. The summed E-state index contributed by atoms with van der Waals surface area (Å²) in [6.45, 7) is 5.41. The summed E-state index contributed by atoms with van der Waals surface area (Å²) in [5, 5.41) is 2.86. The lowest BCUT2D eigenvalue weighted by Crippen LogP contribution is -2.12. The van der Waals surface area contributed by atoms with Gasteiger partial charge in [-0.2, -0.15) is 0 Å². The number of hydrogen-bond acceptors (Lipinski definition) is 6. The van der Waals surface area contributed by atoms with Crippen LogP contribution in [-0.2, 0) is 22.6 Å². The number of carbonyl (C=O) groups excluding carboxylic acids is 1. The third-order valence-electron chi connectivity index (χ3n) is 4.21. The average Bonchev–Trinajstić information content (AvgIpc) is 3.34. The van der Waals surface area contributed by atoms with Gasteiger partial charge in [-0.05, 0) is 25.5 Å². The first-order valence-corrected chi connectivity index (χ1v) is 10.0. The van der Waals surface area contributed by atoms with E-state index in [1.165, 1.54) is 7.11 Å². The normalized spacial score (nSPS) is 12.0. The van der Waals surface area contributed by atoms with Crippen LogP contribution in [0.15, 0.2) is 48.0 Å². The second-order valence-electron chi connectivity index (χ2n) is 6.20. The van der Waals surface area contributed by atoms with Gasteiger partial charge in [-0.1, -0.05) is 30.3 Å². The molecule has 0 radical (unpaired) electrons. The Kier molecular flexibility index (Phi) is 6.84. The van der Waals surface area contributed by atoms with Gasteiger partial charge in [0.2, 0.25) is 0 Å². The first-order valence-electron chi connectivity index (χ1n) is 9.12. The molecule has 148 valence electrons. The van der Waals surface area contributed by atoms with Crippen molar-refractivity contribution >= 4 is 17.3 Å². The zero-order chi connectivity index (χ0) is 19.9. The van der Waals surface area contributed by atoms with E-state index >= 15 is 0 Å². The van der Waals surface area contributed by atoms with Crippen LogP contribution in [0.1, 0.15) is 46.7 Å². The van der Waals surface area contributed by atoms with E-state index in [4.69, 9.17) is 14.2 Å². The summed E-state index contributed by atoms with van der Waals surface area (Å²) in [4.78, 5) is 16.9. The van der Waals surface area contributed by atoms with Gasteiger partial charge in [0.25, 0.3) is 0 Å². The second kappa shape index (κ2) is 9.52. The highest BCUT2D eigenvalue weighted by Gasteiger charge is 2.20. The molecule has 0 aliphatic carbocycles. The molecule has 28 heavy (non-hydrogen) atoms. The number of nitrogens with zero attached hydrogens (tertiary/aromatic N) is 2. The summed E-state index contributed by atoms with van der Waals surface area (Å²) in [6, 6.07) is 11.7. The Labute approximate surface area is 168 Å². The van der Waals surface area contributed by atoms with Crippen molar-refractivity contribution in [2.24, 2.45) is 0 Å². The molecule has 7 heteroatoms. The SMILES string of the molecule is CCO[C@@H](C)c1nc(COc2ccn(Cc3ccccc3)c2C(=O)OC)cs1. The maximum atomic E-state index is 12.3. The van der Waals surface area contributed by atoms with Crippen LogP contribution < -0.4 is 4.74 Å². The van der Waals surface area contributed by atoms with Crippen molar-refractivity contribution in [2.75, 3.05) is 13.7 Å². The molecule has 6 nitrogen and oxygen atoms in total. The van der Waals surface area contributed by atoms with E-state index in [0.29, 0.717) is 24.6 Å². The highest BCUT2D eigenvalue weighted by Crippen LogP contribution is 2.25. The number of thiazole rings is 1. The minimum Gasteiger partial charge on any atom is -0.485 e. The van der Waals surface area contributed by atoms with E-state index in [9.17, 15) is 4.79 Å². The summed E-state index contributed by atoms with van der Waals surface area (Å²) in [7, 11) is 1.37. The molecule has 0 bridgehead atoms. The predicted molar refractivity (Wildman–Crippen MR) is 108 cm³/mol. The minimum atomic E-state index is -0.431. The number of methoxy groups -OCH3 is 1. The summed E-state index contributed by atoms with van der Waals surface area (Å²) in [6.07, 6.45) is 1.79. The monoisotopic (exact) mass is 400 g/mol. The van der Waals surface area contributed by atoms with Crippen LogP contribution in [-0.4, -0.2) is 29.2 Å². The Hall–Kier alpha value is -2.64. The number of esters is 1. The Morgan fingerprint density at radius 2 is 2.04 bits per heavy atom. The van der Waals surface area contributed by atoms with Crippen LogP contribution >= 0.6 is 11.3 Å². The Morgan fingerprint density at radius 1 is 1.25 bits per heavy atom. The number of hydrogen-bond donors (Lipinski definition) is 0. The van der Waals surface area contributed by atoms with Crippen LogP contribution in [0.25, 0.3) is 0 Å². The fourth-order valence-corrected chi connectivity index (χ4v) is 3.65. The van der Waals surface area contributed by atoms with Gasteiger partial charge in [-0.15, -0.1) is 11.3 Å². The summed E-state index contributed by atoms with van der Waals surface area (Å²) in [5.41, 5.74) is 2.28. The van der Waals surface area contributed by atoms with Crippen LogP contribution in [0.2, 0.25) is 0 Å². The van der Waals surface area contributed by atoms with Gasteiger partial charge in [0.15, 0.2) is 11.4 Å². The zero-order valence-corrected chi connectivity index (χ0v) is 17.1. The summed E-state index contributed by atoms with van der Waals surface area (Å²) in [5.74, 6) is 0.0510. The zero-order valence-electron chi connectivity index (χ0n) is 16.3. The molecule has 3 rings (SSSR count). The van der Waals surface area contributed by atoms with E-state index in [1.54, 1.807) is 17.4 Å². The second-order valence-corrected chi connectivity index (χ2v) is 7.09. The van der Waals surface area contributed by atoms with Gasteiger partial charge in [-0.3, -0.25) is 0 Å². The molecule has 0 N–H and O–H groups in total. The first kappa shape index (κ1) is 20.1. The maximum absolute atomic E-state index is 12.3. The number of ether oxygens (including phenoxy) is 3. The summed E-state index contributed by atoms with van der Waals surface area (Å²) < 4.78 is 18.3. The number of carbonyl (C=O) groups is 1. The molecule has 0 spiro atoms. The molecule has 3 aromatic rings. The van der Waals surface area contributed by atoms with E-state index in [2.05, 4.69) is 4.98 Å². The van der Waals surface area contributed by atoms with Crippen LogP contribution in [0.5, 0.6) is 5.75 Å². The molecule has 1 aromatic carbocycles. The van der Waals surface area contributed by atoms with E-state index < -0.39 is 5.97 Å². The average molecular weight is 401 g/mol. The van der Waals surface area contributed by atoms with Gasteiger partial charge >= 0.3 is 5.97 Å². The van der Waals surface area contributed by atoms with Crippen molar-refractivity contribution < 1.29 is 19.0 Å². The fraction of sp³-hybridized carbons (Fsp3) is 0.333. The van der Waals surface area contributed by atoms with E-state index in [0.717, 1.165) is 16.3 Å². The van der Waals surface area contributed by atoms with Gasteiger partial charge in [-0.25, -0.2) is 9.78 Å². The Bertz CT molecular complexity index is 904. The van der Waals surface area contributed by atoms with Gasteiger partial charge in [0, 0.05) is 24.7 Å². The minimum absolute atomic E-state index is 0.0404. The third kappa shape index (κ3) is 4.79. The third-order valence-corrected chi connectivity index (χ3v) is 5.27. The maximum Gasteiger partial charge on any atom is 0.358 e. The smallest absolute Gasteiger partial charge is 0.358 e. The molecule has 2 aromatic heterocycles. The lowest BCUT2D eigenvalue weighted by atomic mass is 10.2. The van der Waals surface area contributed by atoms with E-state index in [-0.39, 0.29) is 12.7 Å². The quantitative estimate of drug-likeness (QED) is 0.497. The van der Waals surface area contributed by atoms with Crippen molar-refractivity contribution in [3.8, 4) is 5.75 Å². The fourth-order valence-electron chi connectivity index (χ4n) is 2.84. The molecule has 0 unspecified atom stereocenters. The predicted octanol–water partition coefficient (Wildman–Crippen LogP) is 4.46. The Balaban J connectivity index is 1.74. The molecule has 0 aliphatic rings. The van der Waals surface area contributed by atoms with Crippen molar-refractivity contribution in [3.63, 3.8) is 0 Å². The molecule has 1 atom stereocenters.